The summed E-state index contributed by atoms with van der Waals surface area (Å²) in [5, 5.41) is 0. The zero-order valence-corrected chi connectivity index (χ0v) is 22.4. The molecule has 1 heterocycles. The van der Waals surface area contributed by atoms with Crippen molar-refractivity contribution in [1.29, 1.82) is 0 Å². The van der Waals surface area contributed by atoms with Crippen molar-refractivity contribution in [2.75, 3.05) is 11.3 Å². The summed E-state index contributed by atoms with van der Waals surface area (Å²) in [6.07, 6.45) is 0.858. The van der Waals surface area contributed by atoms with Crippen molar-refractivity contribution in [2.45, 2.75) is 38.6 Å². The zero-order valence-electron chi connectivity index (χ0n) is 20.7. The molecule has 10 heteroatoms. The molecular formula is C27H27N3O5S2. The van der Waals surface area contributed by atoms with Crippen molar-refractivity contribution < 1.29 is 22.7 Å². The van der Waals surface area contributed by atoms with E-state index in [2.05, 4.69) is 16.6 Å². The van der Waals surface area contributed by atoms with Crippen LogP contribution in [0.4, 0.5) is 5.69 Å². The predicted octanol–water partition coefficient (Wildman–Crippen LogP) is 4.68. The van der Waals surface area contributed by atoms with Crippen molar-refractivity contribution in [2.24, 2.45) is 4.99 Å². The van der Waals surface area contributed by atoms with Crippen molar-refractivity contribution in [3.05, 3.63) is 88.2 Å². The molecular weight excluding hydrogens is 510 g/mol. The number of fused-ring (bicyclic) bond motifs is 1. The average molecular weight is 538 g/mol. The van der Waals surface area contributed by atoms with Crippen LogP contribution < -0.4 is 9.52 Å². The maximum absolute atomic E-state index is 13.0. The van der Waals surface area contributed by atoms with Gasteiger partial charge in [0.05, 0.1) is 21.7 Å². The maximum Gasteiger partial charge on any atom is 0.326 e. The first kappa shape index (κ1) is 26.3. The van der Waals surface area contributed by atoms with Crippen molar-refractivity contribution in [3.63, 3.8) is 0 Å². The minimum Gasteiger partial charge on any atom is -0.465 e. The number of hydrogen-bond acceptors (Lipinski definition) is 6. The standard InChI is InChI=1S/C27H27N3O5S2/c1-4-19-8-15-23-24(16-19)36-27(30(23)17-25(31)35-5-2)28-26(32)20-9-11-21(12-10-20)29-37(33,34)22-13-6-18(3)7-14-22/h6-16,29H,4-5,17H2,1-3H3. The molecule has 0 atom stereocenters. The van der Waals surface area contributed by atoms with Gasteiger partial charge in [-0.05, 0) is 74.4 Å². The summed E-state index contributed by atoms with van der Waals surface area (Å²) in [7, 11) is -3.76. The maximum atomic E-state index is 13.0. The van der Waals surface area contributed by atoms with Crippen LogP contribution in [-0.2, 0) is 32.5 Å². The number of amides is 1. The van der Waals surface area contributed by atoms with Crippen LogP contribution in [0.3, 0.4) is 0 Å². The Labute approximate surface area is 219 Å². The van der Waals surface area contributed by atoms with Gasteiger partial charge in [-0.15, -0.1) is 0 Å². The number of aromatic nitrogens is 1. The molecule has 0 bridgehead atoms. The van der Waals surface area contributed by atoms with Crippen LogP contribution in [-0.4, -0.2) is 31.5 Å². The van der Waals surface area contributed by atoms with E-state index in [4.69, 9.17) is 4.74 Å². The topological polar surface area (TPSA) is 107 Å². The number of rotatable bonds is 8. The van der Waals surface area contributed by atoms with Crippen LogP contribution in [0, 0.1) is 6.92 Å². The molecule has 1 amide bonds. The van der Waals surface area contributed by atoms with E-state index in [1.54, 1.807) is 23.6 Å². The molecule has 3 aromatic carbocycles. The van der Waals surface area contributed by atoms with Crippen LogP contribution in [0.5, 0.6) is 0 Å². The second kappa shape index (κ2) is 11.1. The van der Waals surface area contributed by atoms with E-state index in [1.165, 1.54) is 47.7 Å². The lowest BCUT2D eigenvalue weighted by molar-refractivity contribution is -0.143. The third-order valence-corrected chi connectivity index (χ3v) is 8.10. The second-order valence-electron chi connectivity index (χ2n) is 8.34. The molecule has 0 saturated heterocycles. The summed E-state index contributed by atoms with van der Waals surface area (Å²) in [6.45, 7) is 5.87. The van der Waals surface area contributed by atoms with E-state index in [9.17, 15) is 18.0 Å². The fourth-order valence-corrected chi connectivity index (χ4v) is 5.83. The van der Waals surface area contributed by atoms with Crippen LogP contribution >= 0.6 is 11.3 Å². The first-order valence-corrected chi connectivity index (χ1v) is 14.1. The molecule has 0 aliphatic rings. The summed E-state index contributed by atoms with van der Waals surface area (Å²) in [6, 6.07) is 18.5. The summed E-state index contributed by atoms with van der Waals surface area (Å²) >= 11 is 1.32. The predicted molar refractivity (Wildman–Crippen MR) is 144 cm³/mol. The van der Waals surface area contributed by atoms with Gasteiger partial charge in [0.15, 0.2) is 4.80 Å². The Bertz CT molecular complexity index is 1620. The summed E-state index contributed by atoms with van der Waals surface area (Å²) in [5.74, 6) is -0.922. The number of nitrogens with one attached hydrogen (secondary N) is 1. The van der Waals surface area contributed by atoms with E-state index < -0.39 is 21.9 Å². The Hall–Kier alpha value is -3.76. The molecule has 4 aromatic rings. The Balaban J connectivity index is 1.62. The van der Waals surface area contributed by atoms with Gasteiger partial charge >= 0.3 is 5.97 Å². The average Bonchev–Trinajstić information content (AvgIpc) is 3.20. The monoisotopic (exact) mass is 537 g/mol. The Morgan fingerprint density at radius 3 is 2.35 bits per heavy atom. The number of sulfonamides is 1. The number of carbonyl (C=O) groups excluding carboxylic acids is 2. The Morgan fingerprint density at radius 2 is 1.70 bits per heavy atom. The van der Waals surface area contributed by atoms with Gasteiger partial charge in [-0.1, -0.05) is 42.0 Å². The molecule has 0 aliphatic carbocycles. The number of carbonyl (C=O) groups is 2. The van der Waals surface area contributed by atoms with Gasteiger partial charge in [-0.3, -0.25) is 14.3 Å². The number of anilines is 1. The summed E-state index contributed by atoms with van der Waals surface area (Å²) in [5.41, 5.74) is 3.50. The van der Waals surface area contributed by atoms with E-state index in [0.29, 0.717) is 10.5 Å². The van der Waals surface area contributed by atoms with Gasteiger partial charge in [-0.2, -0.15) is 4.99 Å². The number of hydrogen-bond donors (Lipinski definition) is 1. The minimum atomic E-state index is -3.76. The third-order valence-electron chi connectivity index (χ3n) is 5.66. The van der Waals surface area contributed by atoms with Gasteiger partial charge in [-0.25, -0.2) is 8.42 Å². The number of esters is 1. The van der Waals surface area contributed by atoms with Crippen molar-refractivity contribution in [1.82, 2.24) is 4.57 Å². The molecule has 0 spiro atoms. The van der Waals surface area contributed by atoms with Gasteiger partial charge in [0.2, 0.25) is 0 Å². The first-order valence-electron chi connectivity index (χ1n) is 11.8. The molecule has 0 unspecified atom stereocenters. The molecule has 4 rings (SSSR count). The van der Waals surface area contributed by atoms with Crippen LogP contribution in [0.15, 0.2) is 76.6 Å². The van der Waals surface area contributed by atoms with E-state index in [1.807, 2.05) is 25.1 Å². The number of benzene rings is 3. The number of ether oxygens (including phenoxy) is 1. The van der Waals surface area contributed by atoms with E-state index in [-0.39, 0.29) is 23.6 Å². The normalized spacial score (nSPS) is 12.0. The van der Waals surface area contributed by atoms with Crippen molar-refractivity contribution >= 4 is 49.1 Å². The molecule has 0 saturated carbocycles. The molecule has 0 fully saturated rings. The van der Waals surface area contributed by atoms with E-state index >= 15 is 0 Å². The van der Waals surface area contributed by atoms with Gasteiger partial charge in [0.25, 0.3) is 15.9 Å². The number of thiazole rings is 1. The molecule has 0 radical (unpaired) electrons. The van der Waals surface area contributed by atoms with Crippen molar-refractivity contribution in [3.8, 4) is 0 Å². The Kier molecular flexibility index (Phi) is 7.89. The second-order valence-corrected chi connectivity index (χ2v) is 11.0. The molecule has 192 valence electrons. The SMILES string of the molecule is CCOC(=O)Cn1c(=NC(=O)c2ccc(NS(=O)(=O)c3ccc(C)cc3)cc2)sc2cc(CC)ccc21. The van der Waals surface area contributed by atoms with Gasteiger partial charge in [0.1, 0.15) is 6.54 Å². The third kappa shape index (κ3) is 6.15. The number of nitrogens with zero attached hydrogens (tertiary/aromatic N) is 2. The highest BCUT2D eigenvalue weighted by Gasteiger charge is 2.16. The molecule has 1 aromatic heterocycles. The van der Waals surface area contributed by atoms with Gasteiger partial charge in [0, 0.05) is 11.3 Å². The molecule has 0 aliphatic heterocycles. The van der Waals surface area contributed by atoms with Crippen LogP contribution in [0.1, 0.15) is 35.3 Å². The quantitative estimate of drug-likeness (QED) is 0.329. The molecule has 1 N–H and O–H groups in total. The smallest absolute Gasteiger partial charge is 0.326 e. The Morgan fingerprint density at radius 1 is 1.00 bits per heavy atom. The highest BCUT2D eigenvalue weighted by molar-refractivity contribution is 7.92. The minimum absolute atomic E-state index is 0.0643. The van der Waals surface area contributed by atoms with Gasteiger partial charge < -0.3 is 9.30 Å². The molecule has 37 heavy (non-hydrogen) atoms. The number of aryl methyl sites for hydroxylation is 2. The lowest BCUT2D eigenvalue weighted by Gasteiger charge is -2.08. The lowest BCUT2D eigenvalue weighted by Crippen LogP contribution is -2.23. The largest absolute Gasteiger partial charge is 0.465 e. The highest BCUT2D eigenvalue weighted by atomic mass is 32.2. The first-order chi connectivity index (χ1) is 17.7. The summed E-state index contributed by atoms with van der Waals surface area (Å²) in [4.78, 5) is 30.1. The fourth-order valence-electron chi connectivity index (χ4n) is 3.68. The van der Waals surface area contributed by atoms with Crippen LogP contribution in [0.2, 0.25) is 0 Å². The lowest BCUT2D eigenvalue weighted by atomic mass is 10.2. The fraction of sp³-hybridized carbons (Fsp3) is 0.222. The zero-order chi connectivity index (χ0) is 26.6. The summed E-state index contributed by atoms with van der Waals surface area (Å²) < 4.78 is 35.5. The van der Waals surface area contributed by atoms with Crippen LogP contribution in [0.25, 0.3) is 10.2 Å². The molecule has 8 nitrogen and oxygen atoms in total. The van der Waals surface area contributed by atoms with E-state index in [0.717, 1.165) is 27.8 Å². The highest BCUT2D eigenvalue weighted by Crippen LogP contribution is 2.21.